The highest BCUT2D eigenvalue weighted by Gasteiger charge is 2.03. The summed E-state index contributed by atoms with van der Waals surface area (Å²) in [7, 11) is 0. The largest absolute Gasteiger partial charge is 0.370 e. The normalized spacial score (nSPS) is 10.3. The summed E-state index contributed by atoms with van der Waals surface area (Å²) in [5.74, 6) is 1.71. The Morgan fingerprint density at radius 1 is 1.21 bits per heavy atom. The molecule has 0 unspecified atom stereocenters. The molecule has 0 bridgehead atoms. The van der Waals surface area contributed by atoms with Gasteiger partial charge in [0.1, 0.15) is 11.6 Å². The van der Waals surface area contributed by atoms with Crippen molar-refractivity contribution in [2.45, 2.75) is 39.7 Å². The fourth-order valence-electron chi connectivity index (χ4n) is 1.58. The number of amides is 1. The van der Waals surface area contributed by atoms with Crippen molar-refractivity contribution < 1.29 is 4.79 Å². The minimum Gasteiger partial charge on any atom is -0.370 e. The van der Waals surface area contributed by atoms with E-state index in [1.807, 2.05) is 32.0 Å². The molecule has 5 nitrogen and oxygen atoms in total. The highest BCUT2D eigenvalue weighted by molar-refractivity contribution is 5.76. The predicted octanol–water partition coefficient (Wildman–Crippen LogP) is 2.23. The Morgan fingerprint density at radius 3 is 2.42 bits per heavy atom. The number of nitrogens with zero attached hydrogens (tertiary/aromatic N) is 1. The van der Waals surface area contributed by atoms with E-state index >= 15 is 0 Å². The Kier molecular flexibility index (Phi) is 6.71. The van der Waals surface area contributed by atoms with E-state index in [0.29, 0.717) is 13.0 Å². The average molecular weight is 264 g/mol. The van der Waals surface area contributed by atoms with Gasteiger partial charge >= 0.3 is 0 Å². The lowest BCUT2D eigenvalue weighted by Gasteiger charge is -2.10. The lowest BCUT2D eigenvalue weighted by Crippen LogP contribution is -2.31. The lowest BCUT2D eigenvalue weighted by molar-refractivity contribution is -0.121. The lowest BCUT2D eigenvalue weighted by atomic mass is 10.3. The van der Waals surface area contributed by atoms with Crippen molar-refractivity contribution in [2.75, 3.05) is 23.7 Å². The molecule has 5 heteroatoms. The van der Waals surface area contributed by atoms with Gasteiger partial charge in [-0.25, -0.2) is 4.98 Å². The number of carbonyl (C=O) groups is 1. The van der Waals surface area contributed by atoms with Crippen LogP contribution in [0.25, 0.3) is 0 Å². The van der Waals surface area contributed by atoms with Gasteiger partial charge in [0.05, 0.1) is 0 Å². The van der Waals surface area contributed by atoms with Gasteiger partial charge in [0.2, 0.25) is 5.91 Å². The van der Waals surface area contributed by atoms with E-state index in [9.17, 15) is 4.79 Å². The first-order valence-corrected chi connectivity index (χ1v) is 6.86. The molecule has 0 aliphatic carbocycles. The van der Waals surface area contributed by atoms with E-state index in [2.05, 4.69) is 27.9 Å². The van der Waals surface area contributed by atoms with Crippen LogP contribution < -0.4 is 16.0 Å². The zero-order chi connectivity index (χ0) is 14.1. The SMILES string of the molecule is CCCNc1cccc(NCCC(=O)NC(C)C)n1. The quantitative estimate of drug-likeness (QED) is 0.673. The topological polar surface area (TPSA) is 66.0 Å². The average Bonchev–Trinajstić information content (AvgIpc) is 2.36. The molecule has 0 fully saturated rings. The summed E-state index contributed by atoms with van der Waals surface area (Å²) in [6, 6.07) is 5.97. The van der Waals surface area contributed by atoms with Gasteiger partial charge in [0.15, 0.2) is 0 Å². The fourth-order valence-corrected chi connectivity index (χ4v) is 1.58. The number of hydrogen-bond donors (Lipinski definition) is 3. The van der Waals surface area contributed by atoms with Crippen molar-refractivity contribution in [3.63, 3.8) is 0 Å². The van der Waals surface area contributed by atoms with Crippen LogP contribution in [0.1, 0.15) is 33.6 Å². The molecule has 3 N–H and O–H groups in total. The van der Waals surface area contributed by atoms with E-state index in [1.54, 1.807) is 0 Å². The minimum atomic E-state index is 0.0581. The highest BCUT2D eigenvalue weighted by atomic mass is 16.1. The van der Waals surface area contributed by atoms with Gasteiger partial charge in [-0.15, -0.1) is 0 Å². The van der Waals surface area contributed by atoms with Crippen LogP contribution in [0.2, 0.25) is 0 Å². The number of aromatic nitrogens is 1. The Balaban J connectivity index is 2.34. The van der Waals surface area contributed by atoms with Crippen molar-refractivity contribution in [2.24, 2.45) is 0 Å². The molecule has 1 amide bonds. The van der Waals surface area contributed by atoms with E-state index in [1.165, 1.54) is 0 Å². The van der Waals surface area contributed by atoms with E-state index < -0.39 is 0 Å². The maximum Gasteiger partial charge on any atom is 0.221 e. The standard InChI is InChI=1S/C14H24N4O/c1-4-9-15-12-6-5-7-13(18-12)16-10-8-14(19)17-11(2)3/h5-7,11H,4,8-10H2,1-3H3,(H,17,19)(H2,15,16,18). The van der Waals surface area contributed by atoms with Crippen molar-refractivity contribution in [3.8, 4) is 0 Å². The van der Waals surface area contributed by atoms with Gasteiger partial charge in [-0.1, -0.05) is 13.0 Å². The molecule has 1 aromatic heterocycles. The monoisotopic (exact) mass is 264 g/mol. The molecule has 0 aliphatic heterocycles. The van der Waals surface area contributed by atoms with Gasteiger partial charge in [-0.05, 0) is 32.4 Å². The van der Waals surface area contributed by atoms with Crippen LogP contribution in [-0.2, 0) is 4.79 Å². The number of nitrogens with one attached hydrogen (secondary N) is 3. The number of rotatable bonds is 8. The molecule has 106 valence electrons. The summed E-state index contributed by atoms with van der Waals surface area (Å²) in [4.78, 5) is 15.9. The highest BCUT2D eigenvalue weighted by Crippen LogP contribution is 2.08. The summed E-state index contributed by atoms with van der Waals surface area (Å²) in [5.41, 5.74) is 0. The molecular weight excluding hydrogens is 240 g/mol. The van der Waals surface area contributed by atoms with E-state index in [0.717, 1.165) is 24.6 Å². The second kappa shape index (κ2) is 8.34. The molecule has 0 saturated carbocycles. The van der Waals surface area contributed by atoms with Crippen LogP contribution in [0.3, 0.4) is 0 Å². The second-order valence-corrected chi connectivity index (χ2v) is 4.73. The first kappa shape index (κ1) is 15.3. The molecule has 0 aliphatic rings. The van der Waals surface area contributed by atoms with Crippen LogP contribution in [0.15, 0.2) is 18.2 Å². The van der Waals surface area contributed by atoms with E-state index in [4.69, 9.17) is 0 Å². The van der Waals surface area contributed by atoms with Crippen LogP contribution >= 0.6 is 0 Å². The first-order valence-electron chi connectivity index (χ1n) is 6.86. The molecule has 1 rings (SSSR count). The van der Waals surface area contributed by atoms with Crippen molar-refractivity contribution in [1.29, 1.82) is 0 Å². The summed E-state index contributed by atoms with van der Waals surface area (Å²) >= 11 is 0. The summed E-state index contributed by atoms with van der Waals surface area (Å²) in [5, 5.41) is 9.24. The summed E-state index contributed by atoms with van der Waals surface area (Å²) in [6.07, 6.45) is 1.52. The van der Waals surface area contributed by atoms with Gasteiger partial charge in [0.25, 0.3) is 0 Å². The van der Waals surface area contributed by atoms with Crippen LogP contribution in [0, 0.1) is 0 Å². The van der Waals surface area contributed by atoms with Crippen LogP contribution in [-0.4, -0.2) is 30.0 Å². The third-order valence-corrected chi connectivity index (χ3v) is 2.41. The Labute approximate surface area is 115 Å². The second-order valence-electron chi connectivity index (χ2n) is 4.73. The zero-order valence-corrected chi connectivity index (χ0v) is 12.0. The van der Waals surface area contributed by atoms with Gasteiger partial charge in [-0.3, -0.25) is 4.79 Å². The maximum atomic E-state index is 11.5. The molecule has 0 saturated heterocycles. The molecule has 1 aromatic rings. The third-order valence-electron chi connectivity index (χ3n) is 2.41. The molecule has 1 heterocycles. The first-order chi connectivity index (χ1) is 9.11. The number of carbonyl (C=O) groups excluding carboxylic acids is 1. The fraction of sp³-hybridized carbons (Fsp3) is 0.571. The number of anilines is 2. The van der Waals surface area contributed by atoms with Gasteiger partial charge in [0, 0.05) is 25.6 Å². The van der Waals surface area contributed by atoms with Gasteiger partial charge in [-0.2, -0.15) is 0 Å². The van der Waals surface area contributed by atoms with Crippen molar-refractivity contribution in [1.82, 2.24) is 10.3 Å². The zero-order valence-electron chi connectivity index (χ0n) is 12.0. The smallest absolute Gasteiger partial charge is 0.221 e. The van der Waals surface area contributed by atoms with Crippen molar-refractivity contribution in [3.05, 3.63) is 18.2 Å². The summed E-state index contributed by atoms with van der Waals surface area (Å²) < 4.78 is 0. The maximum absolute atomic E-state index is 11.5. The van der Waals surface area contributed by atoms with Gasteiger partial charge < -0.3 is 16.0 Å². The van der Waals surface area contributed by atoms with Crippen LogP contribution in [0.4, 0.5) is 11.6 Å². The molecule has 0 aromatic carbocycles. The predicted molar refractivity (Wildman–Crippen MR) is 79.4 cm³/mol. The third kappa shape index (κ3) is 6.64. The molecular formula is C14H24N4O. The molecule has 19 heavy (non-hydrogen) atoms. The Bertz CT molecular complexity index is 393. The minimum absolute atomic E-state index is 0.0581. The molecule has 0 atom stereocenters. The number of hydrogen-bond acceptors (Lipinski definition) is 4. The van der Waals surface area contributed by atoms with E-state index in [-0.39, 0.29) is 11.9 Å². The van der Waals surface area contributed by atoms with Crippen LogP contribution in [0.5, 0.6) is 0 Å². The Hall–Kier alpha value is -1.78. The summed E-state index contributed by atoms with van der Waals surface area (Å²) in [6.45, 7) is 7.52. The molecule has 0 spiro atoms. The molecule has 0 radical (unpaired) electrons. The number of pyridine rings is 1. The van der Waals surface area contributed by atoms with Crippen molar-refractivity contribution >= 4 is 17.5 Å². The Morgan fingerprint density at radius 2 is 1.84 bits per heavy atom.